The summed E-state index contributed by atoms with van der Waals surface area (Å²) in [7, 11) is -2.48. The molecule has 0 bridgehead atoms. The van der Waals surface area contributed by atoms with E-state index in [0.717, 1.165) is 6.07 Å². The van der Waals surface area contributed by atoms with Gasteiger partial charge < -0.3 is 10.4 Å². The van der Waals surface area contributed by atoms with Gasteiger partial charge >= 0.3 is 0 Å². The SMILES string of the molecule is CNC(=O)CN1CCN(Cc2cc(O)c(N3NC(=O)CS3(=O)=O)c(F)c2)CC1. The largest absolute Gasteiger partial charge is 0.506 e. The molecule has 2 saturated heterocycles. The van der Waals surface area contributed by atoms with Gasteiger partial charge in [-0.05, 0) is 17.7 Å². The van der Waals surface area contributed by atoms with E-state index in [1.165, 1.54) is 6.07 Å². The van der Waals surface area contributed by atoms with Crippen LogP contribution in [0.3, 0.4) is 0 Å². The van der Waals surface area contributed by atoms with Gasteiger partial charge in [-0.3, -0.25) is 24.8 Å². The highest BCUT2D eigenvalue weighted by Gasteiger charge is 2.38. The molecule has 12 heteroatoms. The summed E-state index contributed by atoms with van der Waals surface area (Å²) < 4.78 is 38.8. The zero-order chi connectivity index (χ0) is 20.5. The number of rotatable bonds is 5. The Bertz CT molecular complexity index is 862. The third kappa shape index (κ3) is 4.34. The monoisotopic (exact) mass is 415 g/mol. The highest BCUT2D eigenvalue weighted by atomic mass is 32.2. The second-order valence-electron chi connectivity index (χ2n) is 6.73. The van der Waals surface area contributed by atoms with Gasteiger partial charge in [0, 0.05) is 39.8 Å². The Kier molecular flexibility index (Phi) is 5.72. The van der Waals surface area contributed by atoms with Crippen LogP contribution in [0.25, 0.3) is 0 Å². The minimum atomic E-state index is -4.07. The molecule has 0 radical (unpaired) electrons. The molecule has 28 heavy (non-hydrogen) atoms. The zero-order valence-electron chi connectivity index (χ0n) is 15.3. The van der Waals surface area contributed by atoms with Crippen molar-refractivity contribution in [3.05, 3.63) is 23.5 Å². The maximum Gasteiger partial charge on any atom is 0.262 e. The van der Waals surface area contributed by atoms with Crippen LogP contribution in [0.15, 0.2) is 12.1 Å². The molecule has 0 aliphatic carbocycles. The lowest BCUT2D eigenvalue weighted by Crippen LogP contribution is -2.48. The van der Waals surface area contributed by atoms with E-state index in [0.29, 0.717) is 49.2 Å². The van der Waals surface area contributed by atoms with Crippen molar-refractivity contribution in [2.75, 3.05) is 49.9 Å². The van der Waals surface area contributed by atoms with Gasteiger partial charge in [0.05, 0.1) is 6.54 Å². The van der Waals surface area contributed by atoms with E-state index in [9.17, 15) is 27.5 Å². The van der Waals surface area contributed by atoms with Crippen molar-refractivity contribution in [2.45, 2.75) is 6.54 Å². The first-order chi connectivity index (χ1) is 13.2. The molecule has 0 atom stereocenters. The Hall–Kier alpha value is -2.44. The summed E-state index contributed by atoms with van der Waals surface area (Å²) in [6, 6.07) is 2.43. The predicted octanol–water partition coefficient (Wildman–Crippen LogP) is -1.42. The van der Waals surface area contributed by atoms with E-state index in [1.54, 1.807) is 7.05 Å². The number of nitrogens with one attached hydrogen (secondary N) is 2. The number of hydrogen-bond acceptors (Lipinski definition) is 7. The number of anilines is 1. The van der Waals surface area contributed by atoms with Crippen molar-refractivity contribution in [1.29, 1.82) is 0 Å². The summed E-state index contributed by atoms with van der Waals surface area (Å²) in [4.78, 5) is 26.8. The van der Waals surface area contributed by atoms with Gasteiger partial charge in [-0.25, -0.2) is 12.8 Å². The van der Waals surface area contributed by atoms with Crippen LogP contribution in [-0.4, -0.2) is 80.7 Å². The molecule has 1 aromatic rings. The average molecular weight is 415 g/mol. The zero-order valence-corrected chi connectivity index (χ0v) is 16.1. The van der Waals surface area contributed by atoms with Crippen molar-refractivity contribution < 1.29 is 27.5 Å². The number of halogens is 1. The standard InChI is InChI=1S/C16H22FN5O5S/c1-18-14(24)9-21-4-2-20(3-5-21)8-11-6-12(17)16(13(23)7-11)22-19-15(25)10-28(22,26)27/h6-7,23H,2-5,8-10H2,1H3,(H,18,24)(H,19,25). The minimum Gasteiger partial charge on any atom is -0.506 e. The molecule has 1 aromatic carbocycles. The number of carbonyl (C=O) groups excluding carboxylic acids is 2. The number of benzene rings is 1. The van der Waals surface area contributed by atoms with Crippen molar-refractivity contribution in [3.63, 3.8) is 0 Å². The number of hydrogen-bond donors (Lipinski definition) is 3. The van der Waals surface area contributed by atoms with Gasteiger partial charge in [0.1, 0.15) is 5.75 Å². The van der Waals surface area contributed by atoms with Gasteiger partial charge in [-0.2, -0.15) is 4.41 Å². The van der Waals surface area contributed by atoms with E-state index < -0.39 is 38.9 Å². The molecule has 2 amide bonds. The summed E-state index contributed by atoms with van der Waals surface area (Å²) >= 11 is 0. The summed E-state index contributed by atoms with van der Waals surface area (Å²) in [6.07, 6.45) is 0. The van der Waals surface area contributed by atoms with E-state index in [2.05, 4.69) is 5.32 Å². The van der Waals surface area contributed by atoms with Crippen LogP contribution in [-0.2, 0) is 26.2 Å². The highest BCUT2D eigenvalue weighted by Crippen LogP contribution is 2.34. The summed E-state index contributed by atoms with van der Waals surface area (Å²) in [5, 5.41) is 12.8. The van der Waals surface area contributed by atoms with Gasteiger partial charge in [0.25, 0.3) is 15.9 Å². The predicted molar refractivity (Wildman–Crippen MR) is 98.3 cm³/mol. The Morgan fingerprint density at radius 2 is 1.89 bits per heavy atom. The number of piperazine rings is 1. The number of aromatic hydroxyl groups is 1. The smallest absolute Gasteiger partial charge is 0.262 e. The molecule has 0 aromatic heterocycles. The van der Waals surface area contributed by atoms with E-state index >= 15 is 0 Å². The molecule has 2 fully saturated rings. The van der Waals surface area contributed by atoms with E-state index in [-0.39, 0.29) is 5.91 Å². The number of amides is 2. The molecule has 2 aliphatic rings. The van der Waals surface area contributed by atoms with Gasteiger partial charge in [0.15, 0.2) is 17.3 Å². The topological polar surface area (TPSA) is 122 Å². The van der Waals surface area contributed by atoms with Gasteiger partial charge in [-0.1, -0.05) is 0 Å². The number of carbonyl (C=O) groups is 2. The normalized spacial score (nSPS) is 20.2. The number of hydrazine groups is 1. The number of likely N-dealkylation sites (N-methyl/N-ethyl adjacent to an activating group) is 1. The second-order valence-corrected chi connectivity index (χ2v) is 8.54. The average Bonchev–Trinajstić information content (AvgIpc) is 2.88. The summed E-state index contributed by atoms with van der Waals surface area (Å²) in [5.74, 6) is -3.16. The maximum absolute atomic E-state index is 14.5. The van der Waals surface area contributed by atoms with Crippen molar-refractivity contribution in [1.82, 2.24) is 20.5 Å². The number of sulfonamides is 1. The molecule has 10 nitrogen and oxygen atoms in total. The fourth-order valence-electron chi connectivity index (χ4n) is 3.22. The van der Waals surface area contributed by atoms with E-state index in [4.69, 9.17) is 0 Å². The Morgan fingerprint density at radius 3 is 2.43 bits per heavy atom. The summed E-state index contributed by atoms with van der Waals surface area (Å²) in [6.45, 7) is 3.37. The van der Waals surface area contributed by atoms with E-state index in [1.807, 2.05) is 15.2 Å². The fraction of sp³-hybridized carbons (Fsp3) is 0.500. The van der Waals surface area contributed by atoms with Gasteiger partial charge in [-0.15, -0.1) is 0 Å². The van der Waals surface area contributed by atoms with Crippen molar-refractivity contribution >= 4 is 27.5 Å². The van der Waals surface area contributed by atoms with Crippen LogP contribution in [0.2, 0.25) is 0 Å². The van der Waals surface area contributed by atoms with Crippen molar-refractivity contribution in [3.8, 4) is 5.75 Å². The van der Waals surface area contributed by atoms with Gasteiger partial charge in [0.2, 0.25) is 5.91 Å². The first-order valence-electron chi connectivity index (χ1n) is 8.69. The highest BCUT2D eigenvalue weighted by molar-refractivity contribution is 7.93. The number of nitrogens with zero attached hydrogens (tertiary/aromatic N) is 3. The fourth-order valence-corrected chi connectivity index (χ4v) is 4.44. The lowest BCUT2D eigenvalue weighted by molar-refractivity contribution is -0.122. The lowest BCUT2D eigenvalue weighted by Gasteiger charge is -2.34. The molecular weight excluding hydrogens is 393 g/mol. The second kappa shape index (κ2) is 7.89. The Balaban J connectivity index is 1.67. The molecular formula is C16H22FN5O5S. The molecule has 0 unspecified atom stereocenters. The Labute approximate surface area is 161 Å². The number of phenols is 1. The van der Waals surface area contributed by atoms with Crippen LogP contribution < -0.4 is 15.2 Å². The van der Waals surface area contributed by atoms with Crippen LogP contribution in [0, 0.1) is 5.82 Å². The molecule has 0 saturated carbocycles. The molecule has 2 aliphatic heterocycles. The van der Waals surface area contributed by atoms with Crippen LogP contribution in [0.5, 0.6) is 5.75 Å². The number of phenolic OH excluding ortho intramolecular Hbond substituents is 1. The quantitative estimate of drug-likeness (QED) is 0.539. The first-order valence-corrected chi connectivity index (χ1v) is 10.3. The molecule has 2 heterocycles. The summed E-state index contributed by atoms with van der Waals surface area (Å²) in [5.41, 5.74) is 1.91. The first kappa shape index (κ1) is 20.3. The maximum atomic E-state index is 14.5. The third-order valence-electron chi connectivity index (χ3n) is 4.64. The molecule has 154 valence electrons. The molecule has 3 N–H and O–H groups in total. The van der Waals surface area contributed by atoms with Crippen LogP contribution in [0.1, 0.15) is 5.56 Å². The van der Waals surface area contributed by atoms with Crippen molar-refractivity contribution in [2.24, 2.45) is 0 Å². The van der Waals surface area contributed by atoms with Crippen LogP contribution in [0.4, 0.5) is 10.1 Å². The minimum absolute atomic E-state index is 0.0556. The lowest BCUT2D eigenvalue weighted by atomic mass is 10.1. The Morgan fingerprint density at radius 1 is 1.25 bits per heavy atom. The van der Waals surface area contributed by atoms with Crippen LogP contribution >= 0.6 is 0 Å². The third-order valence-corrected chi connectivity index (χ3v) is 6.10. The molecule has 3 rings (SSSR count). The molecule has 0 spiro atoms.